The maximum Gasteiger partial charge on any atom is 0.248 e. The Morgan fingerprint density at radius 3 is 2.47 bits per heavy atom. The van der Waals surface area contributed by atoms with Gasteiger partial charge in [-0.3, -0.25) is 14.4 Å². The highest BCUT2D eigenvalue weighted by molar-refractivity contribution is 6.25. The number of ether oxygens (including phenoxy) is 2. The van der Waals surface area contributed by atoms with E-state index in [1.807, 2.05) is 41.3 Å². The van der Waals surface area contributed by atoms with Crippen LogP contribution in [-0.2, 0) is 14.4 Å². The fourth-order valence-electron chi connectivity index (χ4n) is 5.80. The van der Waals surface area contributed by atoms with Gasteiger partial charge in [0.05, 0.1) is 43.5 Å². The smallest absolute Gasteiger partial charge is 0.248 e. The third kappa shape index (κ3) is 3.53. The van der Waals surface area contributed by atoms with Crippen molar-refractivity contribution in [1.29, 1.82) is 0 Å². The minimum atomic E-state index is -1.01. The lowest BCUT2D eigenvalue weighted by Crippen LogP contribution is -2.50. The van der Waals surface area contributed by atoms with Crippen molar-refractivity contribution in [2.75, 3.05) is 29.3 Å². The van der Waals surface area contributed by atoms with Crippen LogP contribution in [0.4, 0.5) is 21.5 Å². The minimum Gasteiger partial charge on any atom is -0.497 e. The number of amides is 3. The number of anilines is 3. The van der Waals surface area contributed by atoms with Gasteiger partial charge in [0.2, 0.25) is 17.7 Å². The summed E-state index contributed by atoms with van der Waals surface area (Å²) >= 11 is 0. The van der Waals surface area contributed by atoms with Gasteiger partial charge in [-0.2, -0.15) is 0 Å². The van der Waals surface area contributed by atoms with Gasteiger partial charge in [-0.1, -0.05) is 36.4 Å². The quantitative estimate of drug-likeness (QED) is 0.522. The molecule has 0 spiro atoms. The second-order valence-corrected chi connectivity index (χ2v) is 9.36. The standard InChI is InChI=1S/C29H24FN3O5/c1-37-19-11-13-23(38-2)20(15-19)31-27(34)26-25-24(22-12-10-16-6-3-4-9-21(16)33(22)26)28(35)32(29(25)36)18-8-5-7-17(30)14-18/h3-15,22,24-26H,1-2H3,(H,31,34). The Morgan fingerprint density at radius 1 is 0.921 bits per heavy atom. The number of carbonyl (C=O) groups excluding carboxylic acids is 3. The molecule has 9 heteroatoms. The van der Waals surface area contributed by atoms with Crippen molar-refractivity contribution in [3.05, 3.63) is 84.2 Å². The van der Waals surface area contributed by atoms with Gasteiger partial charge in [0.1, 0.15) is 23.4 Å². The Hall–Kier alpha value is -4.66. The number of hydrogen-bond donors (Lipinski definition) is 1. The maximum absolute atomic E-state index is 14.0. The second kappa shape index (κ2) is 9.02. The first-order chi connectivity index (χ1) is 18.4. The van der Waals surface area contributed by atoms with E-state index in [9.17, 15) is 18.8 Å². The predicted molar refractivity (Wildman–Crippen MR) is 140 cm³/mol. The number of nitrogens with one attached hydrogen (secondary N) is 1. The Balaban J connectivity index is 1.44. The first-order valence-corrected chi connectivity index (χ1v) is 12.1. The van der Waals surface area contributed by atoms with E-state index in [0.717, 1.165) is 22.2 Å². The number of hydrogen-bond acceptors (Lipinski definition) is 6. The van der Waals surface area contributed by atoms with E-state index in [4.69, 9.17) is 9.47 Å². The zero-order chi connectivity index (χ0) is 26.6. The molecule has 4 atom stereocenters. The van der Waals surface area contributed by atoms with Gasteiger partial charge in [0.25, 0.3) is 0 Å². The molecular formula is C29H24FN3O5. The van der Waals surface area contributed by atoms with E-state index in [-0.39, 0.29) is 5.69 Å². The number of fused-ring (bicyclic) bond motifs is 5. The Bertz CT molecular complexity index is 1510. The molecule has 3 aliphatic rings. The SMILES string of the molecule is COc1ccc(OC)c(NC(=O)C2C3C(=O)N(c4cccc(F)c4)C(=O)C3C3C=Cc4ccccc4N32)c1. The summed E-state index contributed by atoms with van der Waals surface area (Å²) in [7, 11) is 3.00. The second-order valence-electron chi connectivity index (χ2n) is 9.36. The summed E-state index contributed by atoms with van der Waals surface area (Å²) in [4.78, 5) is 44.5. The fourth-order valence-corrected chi connectivity index (χ4v) is 5.80. The van der Waals surface area contributed by atoms with Crippen LogP contribution in [0, 0.1) is 17.7 Å². The molecule has 8 nitrogen and oxygen atoms in total. The van der Waals surface area contributed by atoms with Crippen LogP contribution in [0.15, 0.2) is 72.8 Å². The third-order valence-electron chi connectivity index (χ3n) is 7.41. The first kappa shape index (κ1) is 23.7. The van der Waals surface area contributed by atoms with Crippen LogP contribution in [0.3, 0.4) is 0 Å². The summed E-state index contributed by atoms with van der Waals surface area (Å²) in [6.07, 6.45) is 3.77. The van der Waals surface area contributed by atoms with Crippen LogP contribution >= 0.6 is 0 Å². The van der Waals surface area contributed by atoms with Gasteiger partial charge in [-0.25, -0.2) is 9.29 Å². The molecule has 38 heavy (non-hydrogen) atoms. The van der Waals surface area contributed by atoms with Crippen molar-refractivity contribution in [2.24, 2.45) is 11.8 Å². The molecule has 3 aliphatic heterocycles. The number of halogens is 1. The highest BCUT2D eigenvalue weighted by atomic mass is 19.1. The highest BCUT2D eigenvalue weighted by Crippen LogP contribution is 2.49. The van der Waals surface area contributed by atoms with Gasteiger partial charge in [-0.05, 0) is 42.0 Å². The number of rotatable bonds is 5. The topological polar surface area (TPSA) is 88.2 Å². The monoisotopic (exact) mass is 513 g/mol. The molecule has 3 aromatic carbocycles. The molecular weight excluding hydrogens is 489 g/mol. The van der Waals surface area contributed by atoms with Crippen molar-refractivity contribution in [2.45, 2.75) is 12.1 Å². The van der Waals surface area contributed by atoms with Crippen molar-refractivity contribution < 1.29 is 28.2 Å². The molecule has 0 bridgehead atoms. The van der Waals surface area contributed by atoms with Crippen LogP contribution in [-0.4, -0.2) is 44.0 Å². The van der Waals surface area contributed by atoms with Gasteiger partial charge in [-0.15, -0.1) is 0 Å². The van der Waals surface area contributed by atoms with Gasteiger partial charge < -0.3 is 19.7 Å². The van der Waals surface area contributed by atoms with E-state index < -0.39 is 47.5 Å². The molecule has 3 amide bonds. The minimum absolute atomic E-state index is 0.148. The number of benzene rings is 3. The summed E-state index contributed by atoms with van der Waals surface area (Å²) in [6.45, 7) is 0. The molecule has 6 rings (SSSR count). The molecule has 0 saturated carbocycles. The van der Waals surface area contributed by atoms with Gasteiger partial charge in [0, 0.05) is 11.8 Å². The zero-order valence-corrected chi connectivity index (χ0v) is 20.6. The summed E-state index contributed by atoms with van der Waals surface area (Å²) in [6, 6.07) is 16.3. The third-order valence-corrected chi connectivity index (χ3v) is 7.41. The van der Waals surface area contributed by atoms with Crippen molar-refractivity contribution in [3.8, 4) is 11.5 Å². The molecule has 192 valence electrons. The van der Waals surface area contributed by atoms with E-state index in [1.165, 1.54) is 32.4 Å². The lowest BCUT2D eigenvalue weighted by molar-refractivity contribution is -0.126. The van der Waals surface area contributed by atoms with E-state index >= 15 is 0 Å². The molecule has 0 aliphatic carbocycles. The largest absolute Gasteiger partial charge is 0.497 e. The summed E-state index contributed by atoms with van der Waals surface area (Å²) in [5.41, 5.74) is 2.15. The Kier molecular flexibility index (Phi) is 5.63. The average molecular weight is 514 g/mol. The molecule has 4 unspecified atom stereocenters. The van der Waals surface area contributed by atoms with Crippen LogP contribution in [0.25, 0.3) is 6.08 Å². The van der Waals surface area contributed by atoms with Crippen LogP contribution in [0.2, 0.25) is 0 Å². The summed E-state index contributed by atoms with van der Waals surface area (Å²) in [5, 5.41) is 2.90. The Labute approximate surface area is 218 Å². The van der Waals surface area contributed by atoms with Crippen molar-refractivity contribution >= 4 is 40.9 Å². The summed E-state index contributed by atoms with van der Waals surface area (Å²) < 4.78 is 24.8. The number of nitrogens with zero attached hydrogens (tertiary/aromatic N) is 2. The lowest BCUT2D eigenvalue weighted by Gasteiger charge is -2.36. The number of imide groups is 1. The van der Waals surface area contributed by atoms with Crippen LogP contribution in [0.5, 0.6) is 11.5 Å². The molecule has 1 N–H and O–H groups in total. The normalized spacial score (nSPS) is 23.1. The molecule has 0 radical (unpaired) electrons. The number of methoxy groups -OCH3 is 2. The number of para-hydroxylation sites is 1. The van der Waals surface area contributed by atoms with E-state index in [1.54, 1.807) is 18.2 Å². The zero-order valence-electron chi connectivity index (χ0n) is 20.6. The molecule has 0 aromatic heterocycles. The molecule has 3 heterocycles. The van der Waals surface area contributed by atoms with E-state index in [0.29, 0.717) is 17.2 Å². The molecule has 2 fully saturated rings. The predicted octanol–water partition coefficient (Wildman–Crippen LogP) is 3.87. The van der Waals surface area contributed by atoms with Crippen LogP contribution in [0.1, 0.15) is 5.56 Å². The van der Waals surface area contributed by atoms with Crippen molar-refractivity contribution in [3.63, 3.8) is 0 Å². The summed E-state index contributed by atoms with van der Waals surface area (Å²) in [5.74, 6) is -2.91. The maximum atomic E-state index is 14.0. The molecule has 2 saturated heterocycles. The van der Waals surface area contributed by atoms with E-state index in [2.05, 4.69) is 5.32 Å². The first-order valence-electron chi connectivity index (χ1n) is 12.1. The number of carbonyl (C=O) groups is 3. The average Bonchev–Trinajstić information content (AvgIpc) is 3.41. The fraction of sp³-hybridized carbons (Fsp3) is 0.207. The van der Waals surface area contributed by atoms with Crippen molar-refractivity contribution in [1.82, 2.24) is 0 Å². The highest BCUT2D eigenvalue weighted by Gasteiger charge is 2.64. The Morgan fingerprint density at radius 2 is 1.71 bits per heavy atom. The lowest BCUT2D eigenvalue weighted by atomic mass is 9.88. The van der Waals surface area contributed by atoms with Gasteiger partial charge in [0.15, 0.2) is 0 Å². The molecule has 3 aromatic rings. The van der Waals surface area contributed by atoms with Crippen LogP contribution < -0.4 is 24.6 Å². The van der Waals surface area contributed by atoms with Gasteiger partial charge >= 0.3 is 0 Å².